The van der Waals surface area contributed by atoms with Crippen LogP contribution in [0.2, 0.25) is 0 Å². The molecule has 0 rings (SSSR count). The van der Waals surface area contributed by atoms with Crippen molar-refractivity contribution in [2.45, 2.75) is 187 Å². The first-order valence-electron chi connectivity index (χ1n) is 23.1. The summed E-state index contributed by atoms with van der Waals surface area (Å²) in [6, 6.07) is 0. The number of carbonyl (C=O) groups is 2. The van der Waals surface area contributed by atoms with Gasteiger partial charge in [0.05, 0.1) is 13.2 Å². The van der Waals surface area contributed by atoms with Crippen molar-refractivity contribution in [3.05, 3.63) is 85.1 Å². The topological polar surface area (TPSA) is 134 Å². The number of esters is 2. The van der Waals surface area contributed by atoms with Gasteiger partial charge in [-0.05, 0) is 83.5 Å². The van der Waals surface area contributed by atoms with Crippen LogP contribution >= 0.6 is 7.82 Å². The number of phosphoric ester groups is 1. The fraction of sp³-hybridized carbons (Fsp3) is 0.673. The Morgan fingerprint density at radius 1 is 0.508 bits per heavy atom. The summed E-state index contributed by atoms with van der Waals surface area (Å²) in [5.74, 6) is -0.871. The third-order valence-electron chi connectivity index (χ3n) is 9.28. The molecule has 2 atom stereocenters. The van der Waals surface area contributed by atoms with Gasteiger partial charge in [0.1, 0.15) is 6.61 Å². The van der Waals surface area contributed by atoms with Gasteiger partial charge < -0.3 is 20.1 Å². The van der Waals surface area contributed by atoms with Gasteiger partial charge in [-0.25, -0.2) is 4.57 Å². The van der Waals surface area contributed by atoms with E-state index in [4.69, 9.17) is 24.3 Å². The Morgan fingerprint density at radius 3 is 1.32 bits per heavy atom. The van der Waals surface area contributed by atoms with E-state index in [1.807, 2.05) is 0 Å². The van der Waals surface area contributed by atoms with Gasteiger partial charge >= 0.3 is 19.8 Å². The predicted octanol–water partition coefficient (Wildman–Crippen LogP) is 13.6. The van der Waals surface area contributed by atoms with Crippen molar-refractivity contribution in [3.63, 3.8) is 0 Å². The normalized spacial score (nSPS) is 14.0. The molecule has 0 spiro atoms. The molecule has 0 saturated carbocycles. The molecular formula is C49H84NO8P. The maximum Gasteiger partial charge on any atom is 0.472 e. The van der Waals surface area contributed by atoms with Crippen LogP contribution in [0.5, 0.6) is 0 Å². The van der Waals surface area contributed by atoms with E-state index in [0.29, 0.717) is 12.8 Å². The van der Waals surface area contributed by atoms with Crippen LogP contribution in [0.25, 0.3) is 0 Å². The Labute approximate surface area is 360 Å². The smallest absolute Gasteiger partial charge is 0.462 e. The van der Waals surface area contributed by atoms with E-state index in [1.165, 1.54) is 57.8 Å². The highest BCUT2D eigenvalue weighted by Crippen LogP contribution is 2.43. The number of hydrogen-bond acceptors (Lipinski definition) is 8. The summed E-state index contributed by atoms with van der Waals surface area (Å²) in [5, 5.41) is 0. The second-order valence-corrected chi connectivity index (χ2v) is 16.3. The third kappa shape index (κ3) is 44.6. The molecule has 59 heavy (non-hydrogen) atoms. The molecule has 0 aromatic heterocycles. The van der Waals surface area contributed by atoms with Crippen molar-refractivity contribution in [3.8, 4) is 0 Å². The van der Waals surface area contributed by atoms with Crippen molar-refractivity contribution in [2.24, 2.45) is 5.73 Å². The van der Waals surface area contributed by atoms with E-state index in [9.17, 15) is 19.0 Å². The predicted molar refractivity (Wildman–Crippen MR) is 247 cm³/mol. The number of hydrogen-bond donors (Lipinski definition) is 2. The van der Waals surface area contributed by atoms with Gasteiger partial charge in [-0.2, -0.15) is 0 Å². The second-order valence-electron chi connectivity index (χ2n) is 14.9. The largest absolute Gasteiger partial charge is 0.472 e. The number of carbonyl (C=O) groups excluding carboxylic acids is 2. The standard InChI is InChI=1S/C49H84NO8P/c1-3-5-7-9-11-13-15-17-18-19-20-21-22-23-24-25-26-27-28-30-32-34-36-38-40-42-49(52)58-47(46-57-59(53,54)56-44-43-50)45-55-48(51)41-39-37-35-33-31-29-16-14-12-10-8-6-4-2/h5-8,11-14,17-18,20-21,29,31,47H,3-4,9-10,15-16,19,22-28,30,32-46,50H2,1-2H3,(H,53,54)/b7-5-,8-6-,13-11-,14-12-,18-17-,21-20-,31-29-. The number of nitrogens with two attached hydrogens (primary N) is 1. The highest BCUT2D eigenvalue weighted by atomic mass is 31.2. The van der Waals surface area contributed by atoms with Crippen LogP contribution in [-0.2, 0) is 32.7 Å². The molecular weight excluding hydrogens is 762 g/mol. The minimum atomic E-state index is -4.39. The van der Waals surface area contributed by atoms with Crippen molar-refractivity contribution in [1.82, 2.24) is 0 Å². The van der Waals surface area contributed by atoms with Gasteiger partial charge in [0.15, 0.2) is 6.10 Å². The summed E-state index contributed by atoms with van der Waals surface area (Å²) in [6.45, 7) is 3.46. The van der Waals surface area contributed by atoms with Gasteiger partial charge in [0.2, 0.25) is 0 Å². The lowest BCUT2D eigenvalue weighted by Gasteiger charge is -2.19. The number of ether oxygens (including phenoxy) is 2. The molecule has 9 nitrogen and oxygen atoms in total. The average Bonchev–Trinajstić information content (AvgIpc) is 3.22. The quantitative estimate of drug-likeness (QED) is 0.0266. The summed E-state index contributed by atoms with van der Waals surface area (Å²) in [5.41, 5.74) is 5.35. The minimum absolute atomic E-state index is 0.0450. The Hall–Kier alpha value is -2.81. The van der Waals surface area contributed by atoms with E-state index in [2.05, 4.69) is 98.9 Å². The third-order valence-corrected chi connectivity index (χ3v) is 10.3. The molecule has 3 N–H and O–H groups in total. The summed E-state index contributed by atoms with van der Waals surface area (Å²) in [6.07, 6.45) is 56.2. The van der Waals surface area contributed by atoms with Crippen LogP contribution in [0.1, 0.15) is 181 Å². The number of allylic oxidation sites excluding steroid dienone is 14. The Balaban J connectivity index is 4.08. The number of unbranched alkanes of at least 4 members (excludes halogenated alkanes) is 15. The molecule has 0 aromatic rings. The maximum absolute atomic E-state index is 12.6. The van der Waals surface area contributed by atoms with Gasteiger partial charge in [-0.3, -0.25) is 18.6 Å². The molecule has 0 heterocycles. The van der Waals surface area contributed by atoms with E-state index in [0.717, 1.165) is 83.5 Å². The Morgan fingerprint density at radius 2 is 0.881 bits per heavy atom. The van der Waals surface area contributed by atoms with Crippen molar-refractivity contribution >= 4 is 19.8 Å². The molecule has 10 heteroatoms. The van der Waals surface area contributed by atoms with Crippen LogP contribution in [0, 0.1) is 0 Å². The monoisotopic (exact) mass is 846 g/mol. The van der Waals surface area contributed by atoms with Crippen LogP contribution in [-0.4, -0.2) is 49.3 Å². The molecule has 0 radical (unpaired) electrons. The highest BCUT2D eigenvalue weighted by Gasteiger charge is 2.26. The van der Waals surface area contributed by atoms with Crippen molar-refractivity contribution < 1.29 is 37.6 Å². The zero-order chi connectivity index (χ0) is 43.2. The van der Waals surface area contributed by atoms with Crippen LogP contribution in [0.3, 0.4) is 0 Å². The summed E-state index contributed by atoms with van der Waals surface area (Å²) < 4.78 is 32.8. The molecule has 0 fully saturated rings. The molecule has 0 amide bonds. The summed E-state index contributed by atoms with van der Waals surface area (Å²) >= 11 is 0. The Bertz CT molecular complexity index is 1240. The van der Waals surface area contributed by atoms with E-state index < -0.39 is 32.5 Å². The maximum atomic E-state index is 12.6. The van der Waals surface area contributed by atoms with Crippen LogP contribution < -0.4 is 5.73 Å². The molecule has 0 bridgehead atoms. The van der Waals surface area contributed by atoms with Gasteiger partial charge in [-0.1, -0.05) is 170 Å². The SMILES string of the molecule is CC/C=C\C/C=C\C/C=C\C/C=C\CCCCCCCCCCCCCCC(=O)OC(COC(=O)CCCCC/C=C\C/C=C\C/C=C\CC)COP(=O)(O)OCCN. The number of rotatable bonds is 42. The lowest BCUT2D eigenvalue weighted by atomic mass is 10.0. The van der Waals surface area contributed by atoms with Gasteiger partial charge in [0.25, 0.3) is 0 Å². The fourth-order valence-electron chi connectivity index (χ4n) is 5.93. The van der Waals surface area contributed by atoms with Crippen molar-refractivity contribution in [1.29, 1.82) is 0 Å². The zero-order valence-electron chi connectivity index (χ0n) is 37.2. The summed E-state index contributed by atoms with van der Waals surface area (Å²) in [4.78, 5) is 34.9. The lowest BCUT2D eigenvalue weighted by molar-refractivity contribution is -0.161. The van der Waals surface area contributed by atoms with E-state index >= 15 is 0 Å². The van der Waals surface area contributed by atoms with E-state index in [-0.39, 0.29) is 32.6 Å². The first-order chi connectivity index (χ1) is 28.8. The van der Waals surface area contributed by atoms with Crippen LogP contribution in [0.15, 0.2) is 85.1 Å². The van der Waals surface area contributed by atoms with Crippen LogP contribution in [0.4, 0.5) is 0 Å². The Kier molecular flexibility index (Phi) is 42.6. The first-order valence-corrected chi connectivity index (χ1v) is 24.6. The molecule has 0 aromatic carbocycles. The average molecular weight is 846 g/mol. The molecule has 2 unspecified atom stereocenters. The number of phosphoric acid groups is 1. The molecule has 0 saturated heterocycles. The molecule has 0 aliphatic rings. The highest BCUT2D eigenvalue weighted by molar-refractivity contribution is 7.47. The molecule has 0 aliphatic carbocycles. The van der Waals surface area contributed by atoms with Gasteiger partial charge in [0, 0.05) is 19.4 Å². The minimum Gasteiger partial charge on any atom is -0.462 e. The second kappa shape index (κ2) is 44.7. The zero-order valence-corrected chi connectivity index (χ0v) is 38.1. The molecule has 338 valence electrons. The summed E-state index contributed by atoms with van der Waals surface area (Å²) in [7, 11) is -4.39. The van der Waals surface area contributed by atoms with Gasteiger partial charge in [-0.15, -0.1) is 0 Å². The molecule has 0 aliphatic heterocycles. The van der Waals surface area contributed by atoms with E-state index in [1.54, 1.807) is 0 Å². The van der Waals surface area contributed by atoms with Crippen molar-refractivity contribution in [2.75, 3.05) is 26.4 Å². The fourth-order valence-corrected chi connectivity index (χ4v) is 6.70. The first kappa shape index (κ1) is 56.2. The lowest BCUT2D eigenvalue weighted by Crippen LogP contribution is -2.29.